The maximum Gasteiger partial charge on any atom is 0.0196 e. The molecule has 0 fully saturated rings. The average molecular weight is 466 g/mol. The molecular formula is C33H55N. The number of rotatable bonds is 16. The highest BCUT2D eigenvalue weighted by Crippen LogP contribution is 2.33. The van der Waals surface area contributed by atoms with Gasteiger partial charge in [0.15, 0.2) is 0 Å². The van der Waals surface area contributed by atoms with E-state index >= 15 is 0 Å². The molecule has 2 aliphatic carbocycles. The second-order valence-electron chi connectivity index (χ2n) is 11.1. The van der Waals surface area contributed by atoms with Gasteiger partial charge in [-0.1, -0.05) is 92.9 Å². The van der Waals surface area contributed by atoms with Crippen LogP contribution in [0.25, 0.3) is 0 Å². The van der Waals surface area contributed by atoms with Crippen molar-refractivity contribution >= 4 is 0 Å². The fourth-order valence-electron chi connectivity index (χ4n) is 5.72. The van der Waals surface area contributed by atoms with Gasteiger partial charge in [0.25, 0.3) is 0 Å². The number of hydrogen-bond acceptors (Lipinski definition) is 1. The fraction of sp³-hybridized carbons (Fsp3) is 0.697. The average Bonchev–Trinajstić information content (AvgIpc) is 2.84. The van der Waals surface area contributed by atoms with Gasteiger partial charge in [-0.25, -0.2) is 0 Å². The van der Waals surface area contributed by atoms with Crippen LogP contribution < -0.4 is 0 Å². The number of allylic oxidation sites excluding steroid dienone is 6. The molecule has 1 nitrogen and oxygen atoms in total. The Morgan fingerprint density at radius 1 is 0.882 bits per heavy atom. The summed E-state index contributed by atoms with van der Waals surface area (Å²) >= 11 is 0. The van der Waals surface area contributed by atoms with Crippen LogP contribution in [0, 0.1) is 11.8 Å². The normalized spacial score (nSPS) is 21.4. The Balaban J connectivity index is 1.78. The third-order valence-electron chi connectivity index (χ3n) is 8.01. The van der Waals surface area contributed by atoms with Crippen molar-refractivity contribution in [3.05, 3.63) is 59.3 Å². The Morgan fingerprint density at radius 3 is 1.94 bits per heavy atom. The third-order valence-corrected chi connectivity index (χ3v) is 8.01. The van der Waals surface area contributed by atoms with Crippen LogP contribution in [0.15, 0.2) is 59.3 Å². The first-order valence-corrected chi connectivity index (χ1v) is 14.6. The van der Waals surface area contributed by atoms with Gasteiger partial charge in [-0.3, -0.25) is 4.90 Å². The molecule has 2 aliphatic rings. The predicted molar refractivity (Wildman–Crippen MR) is 153 cm³/mol. The van der Waals surface area contributed by atoms with Gasteiger partial charge in [-0.05, 0) is 102 Å². The summed E-state index contributed by atoms with van der Waals surface area (Å²) in [5, 5.41) is 0. The lowest BCUT2D eigenvalue weighted by Crippen LogP contribution is -2.32. The van der Waals surface area contributed by atoms with Crippen molar-refractivity contribution in [2.75, 3.05) is 19.6 Å². The third kappa shape index (κ3) is 10.5. The summed E-state index contributed by atoms with van der Waals surface area (Å²) in [4.78, 5) is 2.62. The molecule has 0 aromatic carbocycles. The summed E-state index contributed by atoms with van der Waals surface area (Å²) < 4.78 is 0. The predicted octanol–water partition coefficient (Wildman–Crippen LogP) is 9.98. The van der Waals surface area contributed by atoms with Crippen LogP contribution >= 0.6 is 0 Å². The molecule has 1 heteroatoms. The van der Waals surface area contributed by atoms with Gasteiger partial charge in [-0.2, -0.15) is 0 Å². The molecule has 2 rings (SSSR count). The van der Waals surface area contributed by atoms with E-state index in [4.69, 9.17) is 0 Å². The van der Waals surface area contributed by atoms with Gasteiger partial charge < -0.3 is 0 Å². The van der Waals surface area contributed by atoms with Gasteiger partial charge in [0.2, 0.25) is 0 Å². The van der Waals surface area contributed by atoms with E-state index in [2.05, 4.69) is 64.0 Å². The lowest BCUT2D eigenvalue weighted by molar-refractivity contribution is 0.295. The lowest BCUT2D eigenvalue weighted by Gasteiger charge is -2.31. The lowest BCUT2D eigenvalue weighted by atomic mass is 9.82. The topological polar surface area (TPSA) is 3.24 Å². The molecule has 34 heavy (non-hydrogen) atoms. The van der Waals surface area contributed by atoms with Gasteiger partial charge >= 0.3 is 0 Å². The van der Waals surface area contributed by atoms with Crippen LogP contribution in [0.1, 0.15) is 118 Å². The first-order chi connectivity index (χ1) is 16.5. The van der Waals surface area contributed by atoms with Crippen LogP contribution in [0.4, 0.5) is 0 Å². The molecule has 0 bridgehead atoms. The number of nitrogens with zero attached hydrogens (tertiary/aromatic N) is 1. The van der Waals surface area contributed by atoms with E-state index in [-0.39, 0.29) is 0 Å². The van der Waals surface area contributed by atoms with Crippen molar-refractivity contribution < 1.29 is 0 Å². The molecule has 0 saturated heterocycles. The molecule has 0 spiro atoms. The van der Waals surface area contributed by atoms with E-state index < -0.39 is 0 Å². The summed E-state index contributed by atoms with van der Waals surface area (Å²) in [7, 11) is 0. The molecule has 2 atom stereocenters. The number of unbranched alkanes of at least 4 members (excludes halogenated alkanes) is 1. The maximum absolute atomic E-state index is 4.57. The quantitative estimate of drug-likeness (QED) is 0.205. The van der Waals surface area contributed by atoms with Crippen LogP contribution in [-0.2, 0) is 0 Å². The van der Waals surface area contributed by atoms with Crippen molar-refractivity contribution in [3.8, 4) is 0 Å². The SMILES string of the molecule is C=C(CN(CCC)CC(=C)C1CC=C(CC/C=C(\C)CCCC)CC1)C1CC=C(CCC)CC1. The van der Waals surface area contributed by atoms with Crippen LogP contribution in [0.2, 0.25) is 0 Å². The van der Waals surface area contributed by atoms with E-state index in [9.17, 15) is 0 Å². The Bertz CT molecular complexity index is 719. The minimum atomic E-state index is 0.660. The summed E-state index contributed by atoms with van der Waals surface area (Å²) in [6.07, 6.45) is 25.2. The summed E-state index contributed by atoms with van der Waals surface area (Å²) in [6.45, 7) is 21.5. The minimum absolute atomic E-state index is 0.660. The minimum Gasteiger partial charge on any atom is -0.296 e. The first-order valence-electron chi connectivity index (χ1n) is 14.6. The van der Waals surface area contributed by atoms with Crippen LogP contribution in [0.3, 0.4) is 0 Å². The van der Waals surface area contributed by atoms with Crippen molar-refractivity contribution in [1.29, 1.82) is 0 Å². The Labute approximate surface area is 213 Å². The summed E-state index contributed by atoms with van der Waals surface area (Å²) in [5.74, 6) is 1.33. The molecule has 192 valence electrons. The number of hydrogen-bond donors (Lipinski definition) is 0. The van der Waals surface area contributed by atoms with E-state index in [0.29, 0.717) is 11.8 Å². The molecule has 0 aromatic heterocycles. The molecule has 0 aliphatic heterocycles. The fourth-order valence-corrected chi connectivity index (χ4v) is 5.72. The van der Waals surface area contributed by atoms with Gasteiger partial charge in [0, 0.05) is 13.1 Å². The highest BCUT2D eigenvalue weighted by molar-refractivity contribution is 5.17. The van der Waals surface area contributed by atoms with Crippen molar-refractivity contribution in [3.63, 3.8) is 0 Å². The van der Waals surface area contributed by atoms with Gasteiger partial charge in [-0.15, -0.1) is 0 Å². The van der Waals surface area contributed by atoms with Crippen molar-refractivity contribution in [1.82, 2.24) is 4.90 Å². The highest BCUT2D eigenvalue weighted by atomic mass is 15.1. The van der Waals surface area contributed by atoms with E-state index in [1.54, 1.807) is 16.7 Å². The first kappa shape index (κ1) is 28.9. The molecule has 2 unspecified atom stereocenters. The monoisotopic (exact) mass is 465 g/mol. The smallest absolute Gasteiger partial charge is 0.0196 e. The van der Waals surface area contributed by atoms with E-state index in [1.807, 2.05) is 0 Å². The van der Waals surface area contributed by atoms with E-state index in [0.717, 1.165) is 19.6 Å². The second-order valence-corrected chi connectivity index (χ2v) is 11.1. The highest BCUT2D eigenvalue weighted by Gasteiger charge is 2.22. The molecule has 0 N–H and O–H groups in total. The summed E-state index contributed by atoms with van der Waals surface area (Å²) in [5.41, 5.74) is 7.82. The maximum atomic E-state index is 4.57. The van der Waals surface area contributed by atoms with Crippen molar-refractivity contribution in [2.24, 2.45) is 11.8 Å². The Morgan fingerprint density at radius 2 is 1.47 bits per heavy atom. The zero-order valence-corrected chi connectivity index (χ0v) is 23.3. The van der Waals surface area contributed by atoms with Crippen LogP contribution in [0.5, 0.6) is 0 Å². The summed E-state index contributed by atoms with van der Waals surface area (Å²) in [6, 6.07) is 0. The zero-order chi connectivity index (χ0) is 24.8. The molecule has 0 amide bonds. The Hall–Kier alpha value is -1.34. The standard InChI is InChI=1S/C33H55N/c1-7-10-13-27(4)14-11-15-31-18-22-33(23-19-31)29(6)26-34(24-9-3)25-28(5)32-20-16-30(12-8-2)17-21-32/h14,16,18,32-33H,5-13,15,17,19-26H2,1-4H3/b27-14+. The largest absolute Gasteiger partial charge is 0.296 e. The molecule has 0 heterocycles. The van der Waals surface area contributed by atoms with Crippen molar-refractivity contribution in [2.45, 2.75) is 118 Å². The van der Waals surface area contributed by atoms with Gasteiger partial charge in [0.1, 0.15) is 0 Å². The second kappa shape index (κ2) is 16.4. The molecular weight excluding hydrogens is 410 g/mol. The van der Waals surface area contributed by atoms with E-state index in [1.165, 1.54) is 101 Å². The zero-order valence-electron chi connectivity index (χ0n) is 23.3. The van der Waals surface area contributed by atoms with Gasteiger partial charge in [0.05, 0.1) is 0 Å². The molecule has 0 aromatic rings. The molecule has 0 saturated carbocycles. The van der Waals surface area contributed by atoms with Crippen LogP contribution in [-0.4, -0.2) is 24.5 Å². The molecule has 0 radical (unpaired) electrons. The Kier molecular flexibility index (Phi) is 13.9.